The number of aromatic nitrogens is 4. The van der Waals surface area contributed by atoms with Crippen LogP contribution >= 0.6 is 36.2 Å². The van der Waals surface area contributed by atoms with Gasteiger partial charge in [-0.25, -0.2) is 19.3 Å². The van der Waals surface area contributed by atoms with Gasteiger partial charge in [-0.3, -0.25) is 3.97 Å². The number of anilines is 1. The molecule has 4 rings (SSSR count). The lowest BCUT2D eigenvalue weighted by atomic mass is 9.83. The van der Waals surface area contributed by atoms with Gasteiger partial charge in [0.2, 0.25) is 0 Å². The van der Waals surface area contributed by atoms with Crippen LogP contribution in [0, 0.1) is 5.82 Å². The molecule has 3 heterocycles. The number of nitrogens with zero attached hydrogens (tertiary/aromatic N) is 4. The molecule has 0 aromatic carbocycles. The molecule has 0 radical (unpaired) electrons. The molecule has 3 aromatic heterocycles. The molecule has 2 N–H and O–H groups in total. The Morgan fingerprint density at radius 1 is 1.45 bits per heavy atom. The smallest absolute Gasteiger partial charge is 0.183 e. The van der Waals surface area contributed by atoms with E-state index in [4.69, 9.17) is 11.6 Å². The number of hydrogen-bond donors (Lipinski definition) is 3. The summed E-state index contributed by atoms with van der Waals surface area (Å²) in [6, 6.07) is 1.70. The van der Waals surface area contributed by atoms with E-state index < -0.39 is 11.4 Å². The number of rotatable bonds is 5. The summed E-state index contributed by atoms with van der Waals surface area (Å²) in [6.07, 6.45) is 9.45. The molecule has 0 amide bonds. The zero-order chi connectivity index (χ0) is 20.6. The average molecular weight is 454 g/mol. The third-order valence-electron chi connectivity index (χ3n) is 5.15. The lowest BCUT2D eigenvalue weighted by Gasteiger charge is -2.37. The summed E-state index contributed by atoms with van der Waals surface area (Å²) in [6.45, 7) is 0. The van der Waals surface area contributed by atoms with E-state index in [0.29, 0.717) is 34.2 Å². The number of hydrogen-bond acceptors (Lipinski definition) is 7. The topological polar surface area (TPSA) is 75.9 Å². The van der Waals surface area contributed by atoms with Crippen LogP contribution < -0.4 is 5.32 Å². The highest BCUT2D eigenvalue weighted by Gasteiger charge is 2.34. The molecule has 3 aromatic rings. The maximum atomic E-state index is 14.5. The van der Waals surface area contributed by atoms with Crippen molar-refractivity contribution in [1.82, 2.24) is 18.9 Å². The minimum absolute atomic E-state index is 0.0551. The fourth-order valence-electron chi connectivity index (χ4n) is 3.90. The summed E-state index contributed by atoms with van der Waals surface area (Å²) in [7, 11) is 0. The van der Waals surface area contributed by atoms with E-state index in [9.17, 15) is 9.50 Å². The van der Waals surface area contributed by atoms with Crippen LogP contribution in [0.3, 0.4) is 0 Å². The van der Waals surface area contributed by atoms with Gasteiger partial charge in [0.1, 0.15) is 0 Å². The van der Waals surface area contributed by atoms with E-state index in [1.165, 1.54) is 6.20 Å². The van der Waals surface area contributed by atoms with Crippen LogP contribution in [0.5, 0.6) is 0 Å². The van der Waals surface area contributed by atoms with Gasteiger partial charge in [0.05, 0.1) is 16.8 Å². The molecule has 0 bridgehead atoms. The molecule has 1 fully saturated rings. The molecule has 1 saturated carbocycles. The summed E-state index contributed by atoms with van der Waals surface area (Å²) in [5.74, 6) is 0.616. The van der Waals surface area contributed by atoms with E-state index in [-0.39, 0.29) is 11.9 Å². The molecule has 2 unspecified atom stereocenters. The van der Waals surface area contributed by atoms with Crippen molar-refractivity contribution in [1.29, 1.82) is 0 Å². The van der Waals surface area contributed by atoms with Crippen LogP contribution in [0.25, 0.3) is 22.4 Å². The standard InChI is InChI=1S/C19H21ClFN5OS2/c1-29-10-19(27)4-2-3-12(6-19)24-17-15(21)8-22-16(25-17)14-9-26(28)18-13(14)5-11(20)7-23-18/h5,7-9,12,27-28H,2-4,6,10H2,1H3,(H,22,24,25). The molecule has 6 nitrogen and oxygen atoms in total. The van der Waals surface area contributed by atoms with Crippen LogP contribution in [0.15, 0.2) is 24.7 Å². The summed E-state index contributed by atoms with van der Waals surface area (Å²) in [5.41, 5.74) is 0.545. The van der Waals surface area contributed by atoms with Crippen molar-refractivity contribution < 1.29 is 9.50 Å². The highest BCUT2D eigenvalue weighted by Crippen LogP contribution is 2.34. The van der Waals surface area contributed by atoms with Crippen molar-refractivity contribution in [3.63, 3.8) is 0 Å². The molecule has 0 saturated heterocycles. The van der Waals surface area contributed by atoms with E-state index in [0.717, 1.165) is 30.8 Å². The number of thiol groups is 1. The highest BCUT2D eigenvalue weighted by atomic mass is 35.5. The van der Waals surface area contributed by atoms with Crippen molar-refractivity contribution in [2.45, 2.75) is 37.3 Å². The predicted octanol–water partition coefficient (Wildman–Crippen LogP) is 4.43. The molecule has 0 spiro atoms. The molecule has 1 aliphatic rings. The minimum Gasteiger partial charge on any atom is -0.389 e. The van der Waals surface area contributed by atoms with Crippen LogP contribution in [0.4, 0.5) is 10.2 Å². The second kappa shape index (κ2) is 8.29. The first-order chi connectivity index (χ1) is 13.9. The zero-order valence-electron chi connectivity index (χ0n) is 15.8. The van der Waals surface area contributed by atoms with Gasteiger partial charge in [-0.15, -0.1) is 0 Å². The van der Waals surface area contributed by atoms with E-state index in [1.807, 2.05) is 6.26 Å². The Kier molecular flexibility index (Phi) is 5.92. The number of halogens is 2. The van der Waals surface area contributed by atoms with Crippen LogP contribution in [0.2, 0.25) is 5.02 Å². The summed E-state index contributed by atoms with van der Waals surface area (Å²) >= 11 is 12.1. The van der Waals surface area contributed by atoms with Crippen molar-refractivity contribution >= 4 is 53.0 Å². The average Bonchev–Trinajstić information content (AvgIpc) is 2.99. The van der Waals surface area contributed by atoms with Gasteiger partial charge in [0.15, 0.2) is 23.1 Å². The maximum absolute atomic E-state index is 14.5. The fraction of sp³-hybridized carbons (Fsp3) is 0.421. The first-order valence-corrected chi connectivity index (χ1v) is 11.4. The molecule has 1 aliphatic carbocycles. The lowest BCUT2D eigenvalue weighted by Crippen LogP contribution is -2.42. The second-order valence-electron chi connectivity index (χ2n) is 7.40. The first kappa shape index (κ1) is 20.7. The van der Waals surface area contributed by atoms with Gasteiger partial charge in [-0.1, -0.05) is 24.4 Å². The zero-order valence-corrected chi connectivity index (χ0v) is 18.2. The van der Waals surface area contributed by atoms with Crippen molar-refractivity contribution in [3.8, 4) is 11.4 Å². The highest BCUT2D eigenvalue weighted by molar-refractivity contribution is 7.98. The van der Waals surface area contributed by atoms with E-state index in [2.05, 4.69) is 33.1 Å². The van der Waals surface area contributed by atoms with Crippen molar-refractivity contribution in [2.24, 2.45) is 0 Å². The molecule has 2 atom stereocenters. The summed E-state index contributed by atoms with van der Waals surface area (Å²) in [5, 5.41) is 15.1. The third-order valence-corrected chi connectivity index (χ3v) is 6.49. The molecular weight excluding hydrogens is 433 g/mol. The Hall–Kier alpha value is -1.55. The van der Waals surface area contributed by atoms with Crippen molar-refractivity contribution in [2.75, 3.05) is 17.3 Å². The van der Waals surface area contributed by atoms with Gasteiger partial charge in [-0.2, -0.15) is 11.8 Å². The molecular formula is C19H21ClFN5OS2. The summed E-state index contributed by atoms with van der Waals surface area (Å²) in [4.78, 5) is 12.9. The Balaban J connectivity index is 1.65. The van der Waals surface area contributed by atoms with Crippen LogP contribution in [-0.4, -0.2) is 47.7 Å². The Morgan fingerprint density at radius 3 is 3.07 bits per heavy atom. The lowest BCUT2D eigenvalue weighted by molar-refractivity contribution is 0.0229. The Labute approximate surface area is 182 Å². The van der Waals surface area contributed by atoms with Crippen molar-refractivity contribution in [3.05, 3.63) is 35.5 Å². The van der Waals surface area contributed by atoms with Gasteiger partial charge < -0.3 is 10.4 Å². The SMILES string of the molecule is CSCC1(O)CCCC(Nc2nc(-c3cn(S)c4ncc(Cl)cc34)ncc2F)C1. The number of pyridine rings is 1. The van der Waals surface area contributed by atoms with Crippen LogP contribution in [-0.2, 0) is 0 Å². The van der Waals surface area contributed by atoms with Gasteiger partial charge in [0, 0.05) is 35.1 Å². The number of aliphatic hydroxyl groups is 1. The second-order valence-corrected chi connectivity index (χ2v) is 9.13. The quantitative estimate of drug-likeness (QED) is 0.496. The molecule has 10 heteroatoms. The van der Waals surface area contributed by atoms with E-state index >= 15 is 0 Å². The Bertz CT molecular complexity index is 1040. The molecule has 29 heavy (non-hydrogen) atoms. The fourth-order valence-corrected chi connectivity index (χ4v) is 5.13. The Morgan fingerprint density at radius 2 is 2.28 bits per heavy atom. The predicted molar refractivity (Wildman–Crippen MR) is 119 cm³/mol. The molecule has 0 aliphatic heterocycles. The van der Waals surface area contributed by atoms with E-state index in [1.54, 1.807) is 28.0 Å². The van der Waals surface area contributed by atoms with Gasteiger partial charge in [-0.05, 0) is 38.0 Å². The van der Waals surface area contributed by atoms with Gasteiger partial charge >= 0.3 is 0 Å². The maximum Gasteiger partial charge on any atom is 0.183 e. The minimum atomic E-state index is -0.733. The largest absolute Gasteiger partial charge is 0.389 e. The van der Waals surface area contributed by atoms with Crippen LogP contribution in [0.1, 0.15) is 25.7 Å². The van der Waals surface area contributed by atoms with Gasteiger partial charge in [0.25, 0.3) is 0 Å². The number of thioether (sulfide) groups is 1. The first-order valence-electron chi connectivity index (χ1n) is 9.25. The normalized spacial score (nSPS) is 22.2. The third kappa shape index (κ3) is 4.33. The number of nitrogens with one attached hydrogen (secondary N) is 1. The number of fused-ring (bicyclic) bond motifs is 1. The summed E-state index contributed by atoms with van der Waals surface area (Å²) < 4.78 is 16.0. The monoisotopic (exact) mass is 453 g/mol. The molecule has 154 valence electrons.